The third-order valence-electron chi connectivity index (χ3n) is 3.18. The SMILES string of the molecule is COc1ccc([N+](=O)[O-])cc1NCc1cccc(C)c1O. The Balaban J connectivity index is 2.24. The van der Waals surface area contributed by atoms with Gasteiger partial charge >= 0.3 is 0 Å². The first-order valence-electron chi connectivity index (χ1n) is 6.36. The van der Waals surface area contributed by atoms with Gasteiger partial charge in [0.05, 0.1) is 17.7 Å². The number of hydrogen-bond donors (Lipinski definition) is 2. The van der Waals surface area contributed by atoms with Gasteiger partial charge in [-0.05, 0) is 18.6 Å². The molecule has 2 N–H and O–H groups in total. The zero-order valence-corrected chi connectivity index (χ0v) is 11.8. The van der Waals surface area contributed by atoms with Crippen molar-refractivity contribution in [3.8, 4) is 11.5 Å². The van der Waals surface area contributed by atoms with Crippen LogP contribution < -0.4 is 10.1 Å². The van der Waals surface area contributed by atoms with E-state index < -0.39 is 4.92 Å². The van der Waals surface area contributed by atoms with Gasteiger partial charge < -0.3 is 15.2 Å². The van der Waals surface area contributed by atoms with Crippen LogP contribution in [0.3, 0.4) is 0 Å². The number of nitrogens with zero attached hydrogens (tertiary/aromatic N) is 1. The van der Waals surface area contributed by atoms with E-state index in [2.05, 4.69) is 5.32 Å². The summed E-state index contributed by atoms with van der Waals surface area (Å²) in [6.45, 7) is 2.15. The summed E-state index contributed by atoms with van der Waals surface area (Å²) in [5, 5.41) is 23.8. The summed E-state index contributed by atoms with van der Waals surface area (Å²) in [6, 6.07) is 9.78. The van der Waals surface area contributed by atoms with Crippen molar-refractivity contribution in [1.82, 2.24) is 0 Å². The Labute approximate surface area is 122 Å². The maximum atomic E-state index is 10.8. The number of ether oxygens (including phenoxy) is 1. The van der Waals surface area contributed by atoms with Crippen molar-refractivity contribution in [3.63, 3.8) is 0 Å². The molecule has 0 unspecified atom stereocenters. The number of nitro groups is 1. The van der Waals surface area contributed by atoms with Gasteiger partial charge in [-0.3, -0.25) is 10.1 Å². The summed E-state index contributed by atoms with van der Waals surface area (Å²) in [7, 11) is 1.50. The number of nitro benzene ring substituents is 1. The molecule has 0 atom stereocenters. The fourth-order valence-electron chi connectivity index (χ4n) is 2.00. The van der Waals surface area contributed by atoms with E-state index in [-0.39, 0.29) is 11.4 Å². The quantitative estimate of drug-likeness (QED) is 0.651. The highest BCUT2D eigenvalue weighted by Gasteiger charge is 2.12. The smallest absolute Gasteiger partial charge is 0.271 e. The number of nitrogens with one attached hydrogen (secondary N) is 1. The number of rotatable bonds is 5. The largest absolute Gasteiger partial charge is 0.507 e. The Morgan fingerprint density at radius 1 is 1.33 bits per heavy atom. The van der Waals surface area contributed by atoms with Crippen LogP contribution >= 0.6 is 0 Å². The van der Waals surface area contributed by atoms with Gasteiger partial charge in [-0.15, -0.1) is 0 Å². The summed E-state index contributed by atoms with van der Waals surface area (Å²) in [5.41, 5.74) is 1.98. The number of benzene rings is 2. The maximum absolute atomic E-state index is 10.8. The van der Waals surface area contributed by atoms with E-state index in [0.29, 0.717) is 23.5 Å². The minimum atomic E-state index is -0.464. The van der Waals surface area contributed by atoms with Crippen molar-refractivity contribution >= 4 is 11.4 Å². The molecule has 0 radical (unpaired) electrons. The topological polar surface area (TPSA) is 84.6 Å². The summed E-state index contributed by atoms with van der Waals surface area (Å²) in [4.78, 5) is 10.4. The molecule has 0 heterocycles. The fraction of sp³-hybridized carbons (Fsp3) is 0.200. The van der Waals surface area contributed by atoms with Gasteiger partial charge in [0.25, 0.3) is 5.69 Å². The van der Waals surface area contributed by atoms with Crippen molar-refractivity contribution in [1.29, 1.82) is 0 Å². The molecule has 0 saturated heterocycles. The highest BCUT2D eigenvalue weighted by molar-refractivity contribution is 5.62. The third-order valence-corrected chi connectivity index (χ3v) is 3.18. The van der Waals surface area contributed by atoms with Crippen LogP contribution in [0.25, 0.3) is 0 Å². The molecule has 6 heteroatoms. The maximum Gasteiger partial charge on any atom is 0.271 e. The van der Waals surface area contributed by atoms with Crippen LogP contribution in [0.1, 0.15) is 11.1 Å². The number of non-ortho nitro benzene ring substituents is 1. The van der Waals surface area contributed by atoms with Gasteiger partial charge in [-0.2, -0.15) is 0 Å². The lowest BCUT2D eigenvalue weighted by molar-refractivity contribution is -0.384. The standard InChI is InChI=1S/C15H16N2O4/c1-10-4-3-5-11(15(10)18)9-16-13-8-12(17(19)20)6-7-14(13)21-2/h3-8,16,18H,9H2,1-2H3. The molecule has 0 aliphatic rings. The first-order valence-corrected chi connectivity index (χ1v) is 6.36. The van der Waals surface area contributed by atoms with Crippen molar-refractivity contribution < 1.29 is 14.8 Å². The number of hydrogen-bond acceptors (Lipinski definition) is 5. The molecule has 0 fully saturated rings. The molecule has 6 nitrogen and oxygen atoms in total. The first kappa shape index (κ1) is 14.6. The molecule has 0 aliphatic carbocycles. The third kappa shape index (κ3) is 3.22. The summed E-state index contributed by atoms with van der Waals surface area (Å²) < 4.78 is 5.17. The van der Waals surface area contributed by atoms with Crippen LogP contribution in [0.15, 0.2) is 36.4 Å². The molecule has 0 spiro atoms. The van der Waals surface area contributed by atoms with Crippen molar-refractivity contribution in [2.75, 3.05) is 12.4 Å². The number of aryl methyl sites for hydroxylation is 1. The summed E-state index contributed by atoms with van der Waals surface area (Å²) in [6.07, 6.45) is 0. The zero-order valence-electron chi connectivity index (χ0n) is 11.8. The Kier molecular flexibility index (Phi) is 4.27. The Hall–Kier alpha value is -2.76. The van der Waals surface area contributed by atoms with Gasteiger partial charge in [0, 0.05) is 24.2 Å². The summed E-state index contributed by atoms with van der Waals surface area (Å²) in [5.74, 6) is 0.724. The second-order valence-corrected chi connectivity index (χ2v) is 4.58. The number of phenolic OH excluding ortho intramolecular Hbond substituents is 1. The number of phenols is 1. The Bertz CT molecular complexity index is 671. The van der Waals surface area contributed by atoms with E-state index in [0.717, 1.165) is 5.56 Å². The molecule has 21 heavy (non-hydrogen) atoms. The molecule has 2 aromatic rings. The van der Waals surface area contributed by atoms with E-state index in [4.69, 9.17) is 4.74 Å². The molecule has 0 aromatic heterocycles. The average molecular weight is 288 g/mol. The van der Waals surface area contributed by atoms with E-state index in [1.165, 1.54) is 25.3 Å². The van der Waals surface area contributed by atoms with Crippen LogP contribution in [-0.4, -0.2) is 17.1 Å². The van der Waals surface area contributed by atoms with E-state index in [1.54, 1.807) is 6.07 Å². The normalized spacial score (nSPS) is 10.2. The predicted molar refractivity (Wildman–Crippen MR) is 79.8 cm³/mol. The molecule has 0 amide bonds. The molecule has 2 aromatic carbocycles. The number of methoxy groups -OCH3 is 1. The molecule has 0 saturated carbocycles. The Morgan fingerprint density at radius 3 is 2.76 bits per heavy atom. The van der Waals surface area contributed by atoms with Crippen molar-refractivity contribution in [3.05, 3.63) is 57.6 Å². The minimum Gasteiger partial charge on any atom is -0.507 e. The van der Waals surface area contributed by atoms with Crippen LogP contribution in [0.2, 0.25) is 0 Å². The highest BCUT2D eigenvalue weighted by atomic mass is 16.6. The van der Waals surface area contributed by atoms with Gasteiger partial charge in [0.2, 0.25) is 0 Å². The molecule has 0 bridgehead atoms. The van der Waals surface area contributed by atoms with Gasteiger partial charge in [-0.1, -0.05) is 18.2 Å². The lowest BCUT2D eigenvalue weighted by Crippen LogP contribution is -2.03. The van der Waals surface area contributed by atoms with Crippen LogP contribution in [0.4, 0.5) is 11.4 Å². The van der Waals surface area contributed by atoms with Crippen molar-refractivity contribution in [2.24, 2.45) is 0 Å². The first-order chi connectivity index (χ1) is 10.0. The molecular formula is C15H16N2O4. The lowest BCUT2D eigenvalue weighted by atomic mass is 10.1. The average Bonchev–Trinajstić information content (AvgIpc) is 2.48. The van der Waals surface area contributed by atoms with E-state index in [1.807, 2.05) is 19.1 Å². The highest BCUT2D eigenvalue weighted by Crippen LogP contribution is 2.30. The number of para-hydroxylation sites is 1. The van der Waals surface area contributed by atoms with Crippen LogP contribution in [-0.2, 0) is 6.54 Å². The van der Waals surface area contributed by atoms with Gasteiger partial charge in [-0.25, -0.2) is 0 Å². The molecular weight excluding hydrogens is 272 g/mol. The monoisotopic (exact) mass is 288 g/mol. The summed E-state index contributed by atoms with van der Waals surface area (Å²) >= 11 is 0. The molecule has 110 valence electrons. The fourth-order valence-corrected chi connectivity index (χ4v) is 2.00. The molecule has 0 aliphatic heterocycles. The molecule has 2 rings (SSSR count). The van der Waals surface area contributed by atoms with Crippen molar-refractivity contribution in [2.45, 2.75) is 13.5 Å². The van der Waals surface area contributed by atoms with Crippen LogP contribution in [0.5, 0.6) is 11.5 Å². The lowest BCUT2D eigenvalue weighted by Gasteiger charge is -2.12. The van der Waals surface area contributed by atoms with Gasteiger partial charge in [0.1, 0.15) is 11.5 Å². The zero-order chi connectivity index (χ0) is 15.4. The minimum absolute atomic E-state index is 0.0215. The Morgan fingerprint density at radius 2 is 2.10 bits per heavy atom. The second-order valence-electron chi connectivity index (χ2n) is 4.58. The van der Waals surface area contributed by atoms with Crippen LogP contribution in [0, 0.1) is 17.0 Å². The second kappa shape index (κ2) is 6.13. The number of anilines is 1. The predicted octanol–water partition coefficient (Wildman–Crippen LogP) is 3.23. The number of aromatic hydroxyl groups is 1. The van der Waals surface area contributed by atoms with E-state index >= 15 is 0 Å². The van der Waals surface area contributed by atoms with E-state index in [9.17, 15) is 15.2 Å². The van der Waals surface area contributed by atoms with Gasteiger partial charge in [0.15, 0.2) is 0 Å².